The van der Waals surface area contributed by atoms with Gasteiger partial charge in [-0.1, -0.05) is 37.1 Å². The van der Waals surface area contributed by atoms with Crippen LogP contribution in [0.15, 0.2) is 59.6 Å². The number of nitrogens with zero attached hydrogens (tertiary/aromatic N) is 1. The van der Waals surface area contributed by atoms with Crippen molar-refractivity contribution in [1.82, 2.24) is 4.98 Å². The number of aromatic nitrogens is 1. The number of pyridine rings is 1. The summed E-state index contributed by atoms with van der Waals surface area (Å²) in [4.78, 5) is 4.11. The first kappa shape index (κ1) is 17.2. The van der Waals surface area contributed by atoms with Crippen molar-refractivity contribution in [3.63, 3.8) is 0 Å². The Kier molecular flexibility index (Phi) is 4.07. The first-order chi connectivity index (χ1) is 12.4. The summed E-state index contributed by atoms with van der Waals surface area (Å²) in [5.74, 6) is -0.494. The topological polar surface area (TPSA) is 47.0 Å². The molecule has 1 heterocycles. The van der Waals surface area contributed by atoms with Gasteiger partial charge in [-0.2, -0.15) is 4.39 Å². The van der Waals surface area contributed by atoms with Crippen LogP contribution in [0.25, 0.3) is 11.1 Å². The molecule has 4 rings (SSSR count). The average molecular weight is 369 g/mol. The van der Waals surface area contributed by atoms with E-state index in [1.54, 1.807) is 24.4 Å². The van der Waals surface area contributed by atoms with Crippen LogP contribution in [0.1, 0.15) is 36.8 Å². The summed E-state index contributed by atoms with van der Waals surface area (Å²) >= 11 is 0. The Balaban J connectivity index is 1.79. The number of sulfone groups is 1. The number of allylic oxidation sites excluding steroid dienone is 4. The molecule has 2 aromatic rings. The van der Waals surface area contributed by atoms with Crippen molar-refractivity contribution in [2.75, 3.05) is 6.26 Å². The summed E-state index contributed by atoms with van der Waals surface area (Å²) in [6.45, 7) is 0. The first-order valence-corrected chi connectivity index (χ1v) is 10.6. The molecule has 1 saturated carbocycles. The SMILES string of the molecule is CS(=O)(=O)c1ccc(C2=CC3(C=C2c2ccc(F)nc2)CCCC3)cc1. The molecule has 1 aromatic heterocycles. The van der Waals surface area contributed by atoms with Crippen molar-refractivity contribution in [2.24, 2.45) is 5.41 Å². The number of benzene rings is 1. The van der Waals surface area contributed by atoms with Gasteiger partial charge in [-0.3, -0.25) is 0 Å². The Morgan fingerprint density at radius 1 is 0.923 bits per heavy atom. The van der Waals surface area contributed by atoms with E-state index in [0.29, 0.717) is 4.90 Å². The van der Waals surface area contributed by atoms with E-state index in [-0.39, 0.29) is 5.41 Å². The fraction of sp³-hybridized carbons (Fsp3) is 0.286. The molecule has 0 N–H and O–H groups in total. The Morgan fingerprint density at radius 2 is 1.50 bits per heavy atom. The zero-order valence-corrected chi connectivity index (χ0v) is 15.4. The standard InChI is InChI=1S/C21H20FNO2S/c1-26(24,25)17-7-4-15(5-8-17)18-12-21(10-2-3-11-21)13-19(18)16-6-9-20(22)23-14-16/h4-9,12-14H,2-3,10-11H2,1H3. The van der Waals surface area contributed by atoms with Gasteiger partial charge in [0.05, 0.1) is 4.90 Å². The minimum atomic E-state index is -3.22. The Labute approximate surface area is 153 Å². The molecule has 0 saturated heterocycles. The van der Waals surface area contributed by atoms with Crippen LogP contribution in [0.5, 0.6) is 0 Å². The van der Waals surface area contributed by atoms with Crippen LogP contribution in [0, 0.1) is 11.4 Å². The van der Waals surface area contributed by atoms with Gasteiger partial charge < -0.3 is 0 Å². The molecule has 0 aliphatic heterocycles. The van der Waals surface area contributed by atoms with E-state index in [9.17, 15) is 12.8 Å². The van der Waals surface area contributed by atoms with E-state index in [0.717, 1.165) is 35.1 Å². The minimum absolute atomic E-state index is 0.0502. The Hall–Kier alpha value is -2.27. The molecule has 2 aliphatic carbocycles. The molecule has 0 unspecified atom stereocenters. The molecular weight excluding hydrogens is 349 g/mol. The van der Waals surface area contributed by atoms with Crippen LogP contribution in [0.2, 0.25) is 0 Å². The van der Waals surface area contributed by atoms with E-state index in [1.165, 1.54) is 25.2 Å². The van der Waals surface area contributed by atoms with Gasteiger partial charge in [-0.15, -0.1) is 0 Å². The summed E-state index contributed by atoms with van der Waals surface area (Å²) in [6, 6.07) is 10.1. The van der Waals surface area contributed by atoms with Gasteiger partial charge in [0, 0.05) is 23.4 Å². The highest BCUT2D eigenvalue weighted by molar-refractivity contribution is 7.90. The third kappa shape index (κ3) is 3.12. The third-order valence-corrected chi connectivity index (χ3v) is 6.45. The second-order valence-electron chi connectivity index (χ2n) is 7.22. The molecule has 5 heteroatoms. The van der Waals surface area contributed by atoms with Gasteiger partial charge in [-0.05, 0) is 53.8 Å². The summed E-state index contributed by atoms with van der Waals surface area (Å²) in [6.07, 6.45) is 12.0. The summed E-state index contributed by atoms with van der Waals surface area (Å²) in [5, 5.41) is 0. The fourth-order valence-electron chi connectivity index (χ4n) is 3.99. The van der Waals surface area contributed by atoms with Crippen LogP contribution in [-0.4, -0.2) is 19.7 Å². The smallest absolute Gasteiger partial charge is 0.212 e. The molecule has 0 amide bonds. The molecule has 3 nitrogen and oxygen atoms in total. The molecule has 134 valence electrons. The van der Waals surface area contributed by atoms with Gasteiger partial charge in [0.1, 0.15) is 0 Å². The lowest BCUT2D eigenvalue weighted by Crippen LogP contribution is -2.05. The minimum Gasteiger partial charge on any atom is -0.228 e. The van der Waals surface area contributed by atoms with Crippen LogP contribution in [0.3, 0.4) is 0 Å². The largest absolute Gasteiger partial charge is 0.228 e. The maximum absolute atomic E-state index is 13.2. The molecule has 0 radical (unpaired) electrons. The lowest BCUT2D eigenvalue weighted by atomic mass is 9.88. The van der Waals surface area contributed by atoms with Gasteiger partial charge in [0.25, 0.3) is 0 Å². The van der Waals surface area contributed by atoms with Gasteiger partial charge >= 0.3 is 0 Å². The Morgan fingerprint density at radius 3 is 2.04 bits per heavy atom. The zero-order valence-electron chi connectivity index (χ0n) is 14.6. The van der Waals surface area contributed by atoms with Crippen LogP contribution < -0.4 is 0 Å². The summed E-state index contributed by atoms with van der Waals surface area (Å²) in [7, 11) is -3.22. The van der Waals surface area contributed by atoms with E-state index in [4.69, 9.17) is 0 Å². The summed E-state index contributed by atoms with van der Waals surface area (Å²) < 4.78 is 36.7. The van der Waals surface area contributed by atoms with Crippen LogP contribution in [-0.2, 0) is 9.84 Å². The quantitative estimate of drug-likeness (QED) is 0.739. The van der Waals surface area contributed by atoms with Crippen LogP contribution in [0.4, 0.5) is 4.39 Å². The number of rotatable bonds is 3. The maximum atomic E-state index is 13.2. The van der Waals surface area contributed by atoms with Crippen molar-refractivity contribution in [3.8, 4) is 0 Å². The molecule has 0 bridgehead atoms. The number of halogens is 1. The number of hydrogen-bond acceptors (Lipinski definition) is 3. The predicted octanol–water partition coefficient (Wildman–Crippen LogP) is 4.67. The van der Waals surface area contributed by atoms with E-state index in [2.05, 4.69) is 17.1 Å². The highest BCUT2D eigenvalue weighted by Gasteiger charge is 2.36. The van der Waals surface area contributed by atoms with Gasteiger partial charge in [0.15, 0.2) is 9.84 Å². The highest BCUT2D eigenvalue weighted by atomic mass is 32.2. The van der Waals surface area contributed by atoms with Crippen molar-refractivity contribution in [3.05, 3.63) is 71.8 Å². The Bertz CT molecular complexity index is 997. The summed E-state index contributed by atoms with van der Waals surface area (Å²) in [5.41, 5.74) is 4.02. The molecule has 2 aliphatic rings. The van der Waals surface area contributed by atoms with Gasteiger partial charge in [0.2, 0.25) is 5.95 Å². The van der Waals surface area contributed by atoms with E-state index in [1.807, 2.05) is 12.1 Å². The van der Waals surface area contributed by atoms with Crippen molar-refractivity contribution >= 4 is 21.0 Å². The van der Waals surface area contributed by atoms with Gasteiger partial charge in [-0.25, -0.2) is 13.4 Å². The second kappa shape index (κ2) is 6.16. The molecule has 1 aromatic carbocycles. The second-order valence-corrected chi connectivity index (χ2v) is 9.24. The molecular formula is C21H20FNO2S. The maximum Gasteiger partial charge on any atom is 0.212 e. The van der Waals surface area contributed by atoms with Crippen molar-refractivity contribution in [1.29, 1.82) is 0 Å². The lowest BCUT2D eigenvalue weighted by molar-refractivity contribution is 0.523. The van der Waals surface area contributed by atoms with E-state index >= 15 is 0 Å². The molecule has 1 fully saturated rings. The van der Waals surface area contributed by atoms with E-state index < -0.39 is 15.8 Å². The third-order valence-electron chi connectivity index (χ3n) is 5.32. The normalized spacial score (nSPS) is 18.8. The molecule has 26 heavy (non-hydrogen) atoms. The highest BCUT2D eigenvalue weighted by Crippen LogP contribution is 2.51. The van der Waals surface area contributed by atoms with Crippen molar-refractivity contribution < 1.29 is 12.8 Å². The number of hydrogen-bond donors (Lipinski definition) is 0. The molecule has 1 spiro atoms. The molecule has 0 atom stereocenters. The zero-order chi connectivity index (χ0) is 18.4. The lowest BCUT2D eigenvalue weighted by Gasteiger charge is -2.16. The predicted molar refractivity (Wildman–Crippen MR) is 101 cm³/mol. The van der Waals surface area contributed by atoms with Crippen LogP contribution >= 0.6 is 0 Å². The first-order valence-electron chi connectivity index (χ1n) is 8.75. The average Bonchev–Trinajstić information content (AvgIpc) is 3.22. The van der Waals surface area contributed by atoms with Crippen molar-refractivity contribution in [2.45, 2.75) is 30.6 Å². The monoisotopic (exact) mass is 369 g/mol. The fourth-order valence-corrected chi connectivity index (χ4v) is 4.62.